The molecule has 2 aromatic rings. The fraction of sp³-hybridized carbons (Fsp3) is 0.188. The monoisotopic (exact) mass is 289 g/mol. The Bertz CT molecular complexity index is 777. The zero-order valence-corrected chi connectivity index (χ0v) is 11.3. The Balaban J connectivity index is 2.77. The van der Waals surface area contributed by atoms with Crippen molar-refractivity contribution in [2.75, 3.05) is 0 Å². The molecule has 5 heteroatoms. The highest BCUT2D eigenvalue weighted by atomic mass is 19.1. The van der Waals surface area contributed by atoms with Crippen LogP contribution in [0.15, 0.2) is 41.3 Å². The maximum absolute atomic E-state index is 14.0. The van der Waals surface area contributed by atoms with Crippen LogP contribution in [-0.4, -0.2) is 9.67 Å². The normalized spacial score (nSPS) is 13.5. The second-order valence-electron chi connectivity index (χ2n) is 4.70. The fourth-order valence-electron chi connectivity index (χ4n) is 2.21. The van der Waals surface area contributed by atoms with E-state index >= 15 is 0 Å². The third-order valence-corrected chi connectivity index (χ3v) is 3.30. The van der Waals surface area contributed by atoms with Crippen molar-refractivity contribution in [3.8, 4) is 12.3 Å². The van der Waals surface area contributed by atoms with E-state index in [1.807, 2.05) is 0 Å². The molecule has 0 amide bonds. The zero-order chi connectivity index (χ0) is 15.6. The van der Waals surface area contributed by atoms with Crippen LogP contribution in [0.3, 0.4) is 0 Å². The van der Waals surface area contributed by atoms with Gasteiger partial charge in [-0.25, -0.2) is 8.78 Å². The molecule has 1 aromatic heterocycles. The number of rotatable bonds is 3. The minimum atomic E-state index is -2.09. The zero-order valence-electron chi connectivity index (χ0n) is 11.3. The Morgan fingerprint density at radius 2 is 2.05 bits per heavy atom. The van der Waals surface area contributed by atoms with E-state index in [1.54, 1.807) is 0 Å². The standard InChI is InChI=1S/C16H13F2NO2/c1-3-8-16(21,12-5-4-9-19(2)15(12)20)13-10-11(17)6-7-14(13)18/h1,4-7,9-10,21H,8H2,2H3. The molecule has 0 radical (unpaired) electrons. The van der Waals surface area contributed by atoms with Crippen LogP contribution in [0.4, 0.5) is 8.78 Å². The lowest BCUT2D eigenvalue weighted by Gasteiger charge is -2.27. The van der Waals surface area contributed by atoms with Crippen LogP contribution in [0.5, 0.6) is 0 Å². The van der Waals surface area contributed by atoms with Crippen molar-refractivity contribution >= 4 is 0 Å². The van der Waals surface area contributed by atoms with Gasteiger partial charge in [0.15, 0.2) is 0 Å². The van der Waals surface area contributed by atoms with Gasteiger partial charge in [0, 0.05) is 25.2 Å². The lowest BCUT2D eigenvalue weighted by Crippen LogP contribution is -2.36. The molecule has 1 atom stereocenters. The largest absolute Gasteiger partial charge is 0.379 e. The molecule has 0 fully saturated rings. The van der Waals surface area contributed by atoms with Gasteiger partial charge in [-0.3, -0.25) is 4.79 Å². The number of aromatic nitrogens is 1. The van der Waals surface area contributed by atoms with E-state index in [9.17, 15) is 18.7 Å². The molecule has 0 aliphatic carbocycles. The average Bonchev–Trinajstić information content (AvgIpc) is 2.44. The van der Waals surface area contributed by atoms with Gasteiger partial charge in [0.25, 0.3) is 5.56 Å². The number of aryl methyl sites for hydroxylation is 1. The summed E-state index contributed by atoms with van der Waals surface area (Å²) in [4.78, 5) is 12.2. The van der Waals surface area contributed by atoms with Gasteiger partial charge < -0.3 is 9.67 Å². The number of benzene rings is 1. The Morgan fingerprint density at radius 3 is 2.71 bits per heavy atom. The summed E-state index contributed by atoms with van der Waals surface area (Å²) in [5.41, 5.74) is -3.07. The fourth-order valence-corrected chi connectivity index (χ4v) is 2.21. The SMILES string of the molecule is C#CCC(O)(c1cc(F)ccc1F)c1cccn(C)c1=O. The topological polar surface area (TPSA) is 42.2 Å². The molecular formula is C16H13F2NO2. The lowest BCUT2D eigenvalue weighted by molar-refractivity contribution is 0.0801. The predicted molar refractivity (Wildman–Crippen MR) is 74.5 cm³/mol. The average molecular weight is 289 g/mol. The van der Waals surface area contributed by atoms with E-state index in [2.05, 4.69) is 5.92 Å². The summed E-state index contributed by atoms with van der Waals surface area (Å²) in [6.07, 6.45) is 6.37. The minimum absolute atomic E-state index is 0.102. The van der Waals surface area contributed by atoms with Gasteiger partial charge in [-0.1, -0.05) is 0 Å². The van der Waals surface area contributed by atoms with Crippen LogP contribution < -0.4 is 5.56 Å². The van der Waals surface area contributed by atoms with Crippen LogP contribution >= 0.6 is 0 Å². The van der Waals surface area contributed by atoms with Crippen LogP contribution in [0.1, 0.15) is 17.5 Å². The smallest absolute Gasteiger partial charge is 0.256 e. The first-order chi connectivity index (χ1) is 9.90. The third-order valence-electron chi connectivity index (χ3n) is 3.30. The molecule has 0 saturated heterocycles. The molecule has 1 N–H and O–H groups in total. The first kappa shape index (κ1) is 14.9. The molecular weight excluding hydrogens is 276 g/mol. The highest BCUT2D eigenvalue weighted by molar-refractivity contribution is 5.37. The van der Waals surface area contributed by atoms with Crippen LogP contribution in [0, 0.1) is 24.0 Å². The molecule has 2 rings (SSSR count). The Kier molecular flexibility index (Phi) is 3.92. The highest BCUT2D eigenvalue weighted by Crippen LogP contribution is 2.33. The summed E-state index contributed by atoms with van der Waals surface area (Å²) in [5, 5.41) is 10.8. The number of hydrogen-bond donors (Lipinski definition) is 1. The maximum Gasteiger partial charge on any atom is 0.256 e. The molecule has 0 spiro atoms. The van der Waals surface area contributed by atoms with Crippen molar-refractivity contribution < 1.29 is 13.9 Å². The maximum atomic E-state index is 14.0. The van der Waals surface area contributed by atoms with E-state index in [1.165, 1.54) is 29.9 Å². The number of hydrogen-bond acceptors (Lipinski definition) is 2. The van der Waals surface area contributed by atoms with Crippen molar-refractivity contribution in [1.29, 1.82) is 0 Å². The number of pyridine rings is 1. The van der Waals surface area contributed by atoms with Gasteiger partial charge in [0.1, 0.15) is 17.2 Å². The lowest BCUT2D eigenvalue weighted by atomic mass is 9.84. The summed E-state index contributed by atoms with van der Waals surface area (Å²) in [5.74, 6) is 0.651. The van der Waals surface area contributed by atoms with Crippen molar-refractivity contribution in [2.24, 2.45) is 7.05 Å². The summed E-state index contributed by atoms with van der Waals surface area (Å²) in [6, 6.07) is 5.54. The quantitative estimate of drug-likeness (QED) is 0.877. The van der Waals surface area contributed by atoms with Gasteiger partial charge in [-0.2, -0.15) is 0 Å². The van der Waals surface area contributed by atoms with Crippen molar-refractivity contribution in [3.63, 3.8) is 0 Å². The van der Waals surface area contributed by atoms with E-state index < -0.39 is 22.8 Å². The molecule has 0 saturated carbocycles. The molecule has 3 nitrogen and oxygen atoms in total. The van der Waals surface area contributed by atoms with Gasteiger partial charge in [0.05, 0.1) is 5.56 Å². The van der Waals surface area contributed by atoms with Gasteiger partial charge >= 0.3 is 0 Å². The second kappa shape index (κ2) is 5.51. The van der Waals surface area contributed by atoms with E-state index in [4.69, 9.17) is 6.42 Å². The molecule has 21 heavy (non-hydrogen) atoms. The summed E-state index contributed by atoms with van der Waals surface area (Å²) in [7, 11) is 1.49. The van der Waals surface area contributed by atoms with Crippen LogP contribution in [-0.2, 0) is 12.6 Å². The van der Waals surface area contributed by atoms with E-state index in [0.29, 0.717) is 0 Å². The molecule has 0 aliphatic heterocycles. The number of aliphatic hydroxyl groups is 1. The Labute approximate surface area is 120 Å². The third kappa shape index (κ3) is 2.58. The molecule has 1 aromatic carbocycles. The summed E-state index contributed by atoms with van der Waals surface area (Å²) in [6.45, 7) is 0. The van der Waals surface area contributed by atoms with Gasteiger partial charge in [-0.05, 0) is 30.3 Å². The molecule has 0 bridgehead atoms. The van der Waals surface area contributed by atoms with Crippen molar-refractivity contribution in [1.82, 2.24) is 4.57 Å². The molecule has 0 aliphatic rings. The van der Waals surface area contributed by atoms with E-state index in [0.717, 1.165) is 18.2 Å². The number of halogens is 2. The summed E-state index contributed by atoms with van der Waals surface area (Å²) < 4.78 is 28.6. The second-order valence-corrected chi connectivity index (χ2v) is 4.70. The first-order valence-electron chi connectivity index (χ1n) is 6.17. The number of nitrogens with zero attached hydrogens (tertiary/aromatic N) is 1. The van der Waals surface area contributed by atoms with Gasteiger partial charge in [-0.15, -0.1) is 12.3 Å². The molecule has 1 heterocycles. The van der Waals surface area contributed by atoms with Crippen LogP contribution in [0.2, 0.25) is 0 Å². The predicted octanol–water partition coefficient (Wildman–Crippen LogP) is 1.92. The number of terminal acetylenes is 1. The highest BCUT2D eigenvalue weighted by Gasteiger charge is 2.36. The van der Waals surface area contributed by atoms with Crippen molar-refractivity contribution in [3.05, 3.63) is 69.6 Å². The molecule has 1 unspecified atom stereocenters. The molecule has 108 valence electrons. The van der Waals surface area contributed by atoms with E-state index in [-0.39, 0.29) is 17.5 Å². The summed E-state index contributed by atoms with van der Waals surface area (Å²) >= 11 is 0. The Hall–Kier alpha value is -2.45. The van der Waals surface area contributed by atoms with Gasteiger partial charge in [0.2, 0.25) is 0 Å². The van der Waals surface area contributed by atoms with Crippen molar-refractivity contribution in [2.45, 2.75) is 12.0 Å². The van der Waals surface area contributed by atoms with Crippen LogP contribution in [0.25, 0.3) is 0 Å². The Morgan fingerprint density at radius 1 is 1.33 bits per heavy atom. The minimum Gasteiger partial charge on any atom is -0.379 e. The first-order valence-corrected chi connectivity index (χ1v) is 6.17.